The van der Waals surface area contributed by atoms with E-state index in [0.29, 0.717) is 12.1 Å². The molecule has 0 N–H and O–H groups in total. The first-order valence-electron chi connectivity index (χ1n) is 12.8. The highest BCUT2D eigenvalue weighted by Gasteiger charge is 2.32. The number of piperazine rings is 1. The minimum Gasteiger partial charge on any atom is -0.293 e. The van der Waals surface area contributed by atoms with Gasteiger partial charge in [0.15, 0.2) is 0 Å². The Hall–Kier alpha value is -2.50. The SMILES string of the molecule is CSc1ccc2c(c1)[C@@H](N1CCN(C(c3ccccc3)c3ccccc3)CC1)Cc1ccccc1S2. The Kier molecular flexibility index (Phi) is 7.20. The second kappa shape index (κ2) is 10.9. The van der Waals surface area contributed by atoms with Crippen LogP contribution in [0, 0.1) is 0 Å². The van der Waals surface area contributed by atoms with Crippen molar-refractivity contribution in [2.45, 2.75) is 33.2 Å². The normalized spacial score (nSPS) is 18.4. The fourth-order valence-electron chi connectivity index (χ4n) is 5.73. The van der Waals surface area contributed by atoms with Crippen molar-refractivity contribution < 1.29 is 0 Å². The summed E-state index contributed by atoms with van der Waals surface area (Å²) in [7, 11) is 0. The average Bonchev–Trinajstić information content (AvgIpc) is 3.11. The Morgan fingerprint density at radius 2 is 1.36 bits per heavy atom. The third-order valence-corrected chi connectivity index (χ3v) is 9.50. The Balaban J connectivity index is 1.29. The number of hydrogen-bond donors (Lipinski definition) is 0. The third kappa shape index (κ3) is 4.88. The topological polar surface area (TPSA) is 6.48 Å². The van der Waals surface area contributed by atoms with Gasteiger partial charge in [-0.05, 0) is 59.2 Å². The van der Waals surface area contributed by atoms with Gasteiger partial charge in [-0.3, -0.25) is 9.80 Å². The highest BCUT2D eigenvalue weighted by molar-refractivity contribution is 7.99. The van der Waals surface area contributed by atoms with E-state index in [4.69, 9.17) is 0 Å². The van der Waals surface area contributed by atoms with Gasteiger partial charge in [0, 0.05) is 46.9 Å². The number of hydrogen-bond acceptors (Lipinski definition) is 4. The van der Waals surface area contributed by atoms with Crippen LogP contribution in [0.5, 0.6) is 0 Å². The van der Waals surface area contributed by atoms with Crippen molar-refractivity contribution in [3.05, 3.63) is 125 Å². The van der Waals surface area contributed by atoms with E-state index in [9.17, 15) is 0 Å². The van der Waals surface area contributed by atoms with Gasteiger partial charge in [0.2, 0.25) is 0 Å². The molecule has 2 aliphatic rings. The van der Waals surface area contributed by atoms with Crippen molar-refractivity contribution in [3.8, 4) is 0 Å². The number of fused-ring (bicyclic) bond motifs is 2. The van der Waals surface area contributed by atoms with E-state index >= 15 is 0 Å². The minimum absolute atomic E-state index is 0.301. The molecule has 4 aromatic rings. The Morgan fingerprint density at radius 3 is 2.03 bits per heavy atom. The van der Waals surface area contributed by atoms with Crippen molar-refractivity contribution in [1.29, 1.82) is 0 Å². The van der Waals surface area contributed by atoms with E-state index in [2.05, 4.69) is 119 Å². The van der Waals surface area contributed by atoms with Crippen molar-refractivity contribution in [2.24, 2.45) is 0 Å². The lowest BCUT2D eigenvalue weighted by Crippen LogP contribution is -2.49. The molecule has 0 aromatic heterocycles. The molecule has 0 radical (unpaired) electrons. The summed E-state index contributed by atoms with van der Waals surface area (Å²) in [6, 6.07) is 38.8. The van der Waals surface area contributed by atoms with Gasteiger partial charge in [0.1, 0.15) is 0 Å². The lowest BCUT2D eigenvalue weighted by atomic mass is 9.94. The lowest BCUT2D eigenvalue weighted by Gasteiger charge is -2.43. The first kappa shape index (κ1) is 23.9. The van der Waals surface area contributed by atoms with E-state index in [1.165, 1.54) is 36.9 Å². The summed E-state index contributed by atoms with van der Waals surface area (Å²) < 4.78 is 0. The monoisotopic (exact) mass is 508 g/mol. The summed E-state index contributed by atoms with van der Waals surface area (Å²) in [6.45, 7) is 4.29. The van der Waals surface area contributed by atoms with Gasteiger partial charge in [-0.2, -0.15) is 0 Å². The summed E-state index contributed by atoms with van der Waals surface area (Å²) in [5.41, 5.74) is 5.74. The van der Waals surface area contributed by atoms with E-state index in [1.54, 1.807) is 0 Å². The molecule has 6 rings (SSSR count). The maximum atomic E-state index is 2.75. The van der Waals surface area contributed by atoms with Crippen LogP contribution in [-0.4, -0.2) is 42.2 Å². The van der Waals surface area contributed by atoms with Crippen molar-refractivity contribution in [1.82, 2.24) is 9.80 Å². The fraction of sp³-hybridized carbons (Fsp3) is 0.250. The second-order valence-electron chi connectivity index (χ2n) is 9.63. The first-order chi connectivity index (χ1) is 17.8. The zero-order valence-corrected chi connectivity index (χ0v) is 22.3. The van der Waals surface area contributed by atoms with E-state index in [1.807, 2.05) is 23.5 Å². The van der Waals surface area contributed by atoms with Gasteiger partial charge >= 0.3 is 0 Å². The van der Waals surface area contributed by atoms with Crippen LogP contribution in [-0.2, 0) is 6.42 Å². The second-order valence-corrected chi connectivity index (χ2v) is 11.6. The lowest BCUT2D eigenvalue weighted by molar-refractivity contribution is 0.0772. The summed E-state index contributed by atoms with van der Waals surface area (Å²) in [5, 5.41) is 0. The maximum absolute atomic E-state index is 2.75. The molecule has 0 unspecified atom stereocenters. The predicted octanol–water partition coefficient (Wildman–Crippen LogP) is 7.56. The predicted molar refractivity (Wildman–Crippen MR) is 153 cm³/mol. The molecule has 2 nitrogen and oxygen atoms in total. The molecule has 2 heterocycles. The van der Waals surface area contributed by atoms with Crippen LogP contribution < -0.4 is 0 Å². The van der Waals surface area contributed by atoms with Crippen molar-refractivity contribution >= 4 is 23.5 Å². The van der Waals surface area contributed by atoms with Gasteiger partial charge in [0.05, 0.1) is 6.04 Å². The molecule has 4 heteroatoms. The average molecular weight is 509 g/mol. The first-order valence-corrected chi connectivity index (χ1v) is 14.9. The Labute approximate surface area is 223 Å². The van der Waals surface area contributed by atoms with Gasteiger partial charge in [-0.15, -0.1) is 11.8 Å². The van der Waals surface area contributed by atoms with Crippen molar-refractivity contribution in [3.63, 3.8) is 0 Å². The number of nitrogens with zero attached hydrogens (tertiary/aromatic N) is 2. The zero-order valence-electron chi connectivity index (χ0n) is 20.7. The quantitative estimate of drug-likeness (QED) is 0.256. The van der Waals surface area contributed by atoms with Gasteiger partial charge in [0.25, 0.3) is 0 Å². The highest BCUT2D eigenvalue weighted by atomic mass is 32.2. The molecule has 1 fully saturated rings. The number of thioether (sulfide) groups is 1. The van der Waals surface area contributed by atoms with Crippen LogP contribution in [0.3, 0.4) is 0 Å². The largest absolute Gasteiger partial charge is 0.293 e. The molecule has 0 spiro atoms. The number of benzene rings is 4. The van der Waals surface area contributed by atoms with Crippen LogP contribution in [0.1, 0.15) is 34.3 Å². The molecule has 0 aliphatic carbocycles. The Bertz CT molecular complexity index is 1260. The zero-order chi connectivity index (χ0) is 24.3. The number of rotatable bonds is 5. The van der Waals surface area contributed by atoms with E-state index in [0.717, 1.165) is 32.6 Å². The minimum atomic E-state index is 0.301. The van der Waals surface area contributed by atoms with Crippen LogP contribution in [0.25, 0.3) is 0 Å². The van der Waals surface area contributed by atoms with Crippen LogP contribution in [0.4, 0.5) is 0 Å². The van der Waals surface area contributed by atoms with Crippen molar-refractivity contribution in [2.75, 3.05) is 32.4 Å². The van der Waals surface area contributed by atoms with Crippen LogP contribution in [0.15, 0.2) is 118 Å². The smallest absolute Gasteiger partial charge is 0.0602 e. The summed E-state index contributed by atoms with van der Waals surface area (Å²) in [6.07, 6.45) is 3.26. The third-order valence-electron chi connectivity index (χ3n) is 7.57. The fourth-order valence-corrected chi connectivity index (χ4v) is 7.30. The molecular formula is C32H32N2S2. The van der Waals surface area contributed by atoms with E-state index < -0.39 is 0 Å². The molecule has 0 amide bonds. The van der Waals surface area contributed by atoms with Gasteiger partial charge < -0.3 is 0 Å². The molecule has 0 saturated carbocycles. The van der Waals surface area contributed by atoms with Gasteiger partial charge in [-0.25, -0.2) is 0 Å². The standard InChI is InChI=1S/C32H32N2S2/c1-35-27-16-17-31-28(23-27)29(22-26-14-8-9-15-30(26)36-31)33-18-20-34(21-19-33)32(24-10-4-2-5-11-24)25-12-6-3-7-13-25/h2-17,23,29,32H,18-22H2,1H3/t29-/m0/s1. The molecule has 182 valence electrons. The van der Waals surface area contributed by atoms with Crippen LogP contribution >= 0.6 is 23.5 Å². The molecule has 36 heavy (non-hydrogen) atoms. The summed E-state index contributed by atoms with van der Waals surface area (Å²) in [5.74, 6) is 0. The summed E-state index contributed by atoms with van der Waals surface area (Å²) >= 11 is 3.79. The highest BCUT2D eigenvalue weighted by Crippen LogP contribution is 2.44. The maximum Gasteiger partial charge on any atom is 0.0602 e. The van der Waals surface area contributed by atoms with Crippen LogP contribution in [0.2, 0.25) is 0 Å². The molecule has 4 aromatic carbocycles. The molecule has 2 aliphatic heterocycles. The van der Waals surface area contributed by atoms with E-state index in [-0.39, 0.29) is 0 Å². The molecule has 0 bridgehead atoms. The van der Waals surface area contributed by atoms with Gasteiger partial charge in [-0.1, -0.05) is 90.6 Å². The molecular weight excluding hydrogens is 477 g/mol. The summed E-state index contributed by atoms with van der Waals surface area (Å²) in [4.78, 5) is 9.60. The Morgan fingerprint density at radius 1 is 0.722 bits per heavy atom. The molecule has 1 atom stereocenters. The molecule has 1 saturated heterocycles.